The predicted octanol–water partition coefficient (Wildman–Crippen LogP) is 1.86. The normalized spacial score (nSPS) is 10.3. The molecule has 1 N–H and O–H groups in total. The van der Waals surface area contributed by atoms with E-state index in [1.54, 1.807) is 32.1 Å². The summed E-state index contributed by atoms with van der Waals surface area (Å²) in [4.78, 5) is 27.0. The van der Waals surface area contributed by atoms with Crippen molar-refractivity contribution in [3.63, 3.8) is 0 Å². The Morgan fingerprint density at radius 3 is 2.75 bits per heavy atom. The highest BCUT2D eigenvalue weighted by Crippen LogP contribution is 2.24. The van der Waals surface area contributed by atoms with E-state index in [-0.39, 0.29) is 24.2 Å². The lowest BCUT2D eigenvalue weighted by atomic mass is 10.3. The standard InChI is InChI=1S/C16H20N4O3S/c1-19(16(22)11-9-20(2)18-15(11)23-3)10-14(21)17-12-7-5-6-8-13(12)24-4/h5-9H,10H2,1-4H3,(H,17,21). The number of nitrogens with one attached hydrogen (secondary N) is 1. The van der Waals surface area contributed by atoms with Gasteiger partial charge in [0.1, 0.15) is 5.56 Å². The van der Waals surface area contributed by atoms with Crippen molar-refractivity contribution in [2.24, 2.45) is 7.05 Å². The first-order chi connectivity index (χ1) is 11.5. The van der Waals surface area contributed by atoms with Crippen LogP contribution >= 0.6 is 11.8 Å². The number of para-hydroxylation sites is 1. The molecule has 2 aromatic rings. The molecule has 0 aliphatic rings. The minimum Gasteiger partial charge on any atom is -0.479 e. The van der Waals surface area contributed by atoms with Crippen LogP contribution in [0.15, 0.2) is 35.4 Å². The second-order valence-electron chi connectivity index (χ2n) is 5.14. The summed E-state index contributed by atoms with van der Waals surface area (Å²) in [7, 11) is 4.71. The number of thioether (sulfide) groups is 1. The van der Waals surface area contributed by atoms with E-state index in [2.05, 4.69) is 10.4 Å². The number of amides is 2. The van der Waals surface area contributed by atoms with Gasteiger partial charge >= 0.3 is 0 Å². The molecule has 2 rings (SSSR count). The van der Waals surface area contributed by atoms with Crippen LogP contribution in [0, 0.1) is 0 Å². The van der Waals surface area contributed by atoms with Gasteiger partial charge in [0.15, 0.2) is 0 Å². The van der Waals surface area contributed by atoms with E-state index >= 15 is 0 Å². The van der Waals surface area contributed by atoms with Crippen LogP contribution in [-0.4, -0.2) is 53.5 Å². The Morgan fingerprint density at radius 1 is 1.38 bits per heavy atom. The molecule has 24 heavy (non-hydrogen) atoms. The molecule has 0 aliphatic carbocycles. The maximum Gasteiger partial charge on any atom is 0.261 e. The van der Waals surface area contributed by atoms with E-state index in [0.717, 1.165) is 10.6 Å². The number of ether oxygens (including phenoxy) is 1. The summed E-state index contributed by atoms with van der Waals surface area (Å²) in [5.41, 5.74) is 1.05. The van der Waals surface area contributed by atoms with Gasteiger partial charge in [0, 0.05) is 25.2 Å². The van der Waals surface area contributed by atoms with Gasteiger partial charge in [-0.05, 0) is 18.4 Å². The number of carbonyl (C=O) groups is 2. The monoisotopic (exact) mass is 348 g/mol. The van der Waals surface area contributed by atoms with Crippen molar-refractivity contribution in [1.29, 1.82) is 0 Å². The molecule has 0 bridgehead atoms. The van der Waals surface area contributed by atoms with Crippen LogP contribution in [0.25, 0.3) is 0 Å². The number of aromatic nitrogens is 2. The van der Waals surface area contributed by atoms with Gasteiger partial charge in [0.2, 0.25) is 11.8 Å². The van der Waals surface area contributed by atoms with Crippen molar-refractivity contribution < 1.29 is 14.3 Å². The number of carbonyl (C=O) groups excluding carboxylic acids is 2. The van der Waals surface area contributed by atoms with Gasteiger partial charge in [-0.1, -0.05) is 12.1 Å². The summed E-state index contributed by atoms with van der Waals surface area (Å²) in [6.07, 6.45) is 3.51. The smallest absolute Gasteiger partial charge is 0.261 e. The molecule has 0 saturated carbocycles. The molecule has 0 aliphatic heterocycles. The van der Waals surface area contributed by atoms with Crippen LogP contribution in [0.3, 0.4) is 0 Å². The Labute approximate surface area is 145 Å². The lowest BCUT2D eigenvalue weighted by Gasteiger charge is -2.17. The van der Waals surface area contributed by atoms with Gasteiger partial charge < -0.3 is 15.0 Å². The third-order valence-corrected chi connectivity index (χ3v) is 4.12. The number of likely N-dealkylation sites (N-methyl/N-ethyl adjacent to an activating group) is 1. The zero-order chi connectivity index (χ0) is 17.7. The van der Waals surface area contributed by atoms with Crippen LogP contribution in [0.2, 0.25) is 0 Å². The van der Waals surface area contributed by atoms with Crippen LogP contribution < -0.4 is 10.1 Å². The lowest BCUT2D eigenvalue weighted by molar-refractivity contribution is -0.116. The first-order valence-corrected chi connectivity index (χ1v) is 8.44. The van der Waals surface area contributed by atoms with E-state index in [1.807, 2.05) is 30.5 Å². The zero-order valence-electron chi connectivity index (χ0n) is 14.1. The molecule has 1 heterocycles. The average Bonchev–Trinajstić information content (AvgIpc) is 2.95. The molecule has 0 atom stereocenters. The SMILES string of the molecule is COc1nn(C)cc1C(=O)N(C)CC(=O)Nc1ccccc1SC. The third kappa shape index (κ3) is 4.08. The number of aryl methyl sites for hydroxylation is 1. The van der Waals surface area contributed by atoms with Crippen molar-refractivity contribution in [2.75, 3.05) is 32.3 Å². The minimum atomic E-state index is -0.326. The van der Waals surface area contributed by atoms with Gasteiger partial charge in [-0.2, -0.15) is 0 Å². The summed E-state index contributed by atoms with van der Waals surface area (Å²) in [6, 6.07) is 7.52. The fourth-order valence-electron chi connectivity index (χ4n) is 2.20. The van der Waals surface area contributed by atoms with Crippen molar-refractivity contribution in [2.45, 2.75) is 4.90 Å². The Kier molecular flexibility index (Phi) is 5.86. The predicted molar refractivity (Wildman–Crippen MR) is 93.6 cm³/mol. The first-order valence-electron chi connectivity index (χ1n) is 7.22. The van der Waals surface area contributed by atoms with Gasteiger partial charge in [-0.3, -0.25) is 14.3 Å². The topological polar surface area (TPSA) is 76.5 Å². The lowest BCUT2D eigenvalue weighted by Crippen LogP contribution is -2.35. The fourth-order valence-corrected chi connectivity index (χ4v) is 2.75. The highest BCUT2D eigenvalue weighted by Gasteiger charge is 2.21. The van der Waals surface area contributed by atoms with Crippen molar-refractivity contribution in [3.05, 3.63) is 36.0 Å². The van der Waals surface area contributed by atoms with E-state index in [1.165, 1.54) is 16.7 Å². The molecule has 0 spiro atoms. The van der Waals surface area contributed by atoms with Gasteiger partial charge in [-0.25, -0.2) is 0 Å². The quantitative estimate of drug-likeness (QED) is 0.807. The highest BCUT2D eigenvalue weighted by molar-refractivity contribution is 7.98. The second kappa shape index (κ2) is 7.87. The molecule has 1 aromatic heterocycles. The van der Waals surface area contributed by atoms with Crippen LogP contribution in [-0.2, 0) is 11.8 Å². The number of anilines is 1. The molecule has 1 aromatic carbocycles. The first kappa shape index (κ1) is 17.9. The van der Waals surface area contributed by atoms with Crippen LogP contribution in [0.4, 0.5) is 5.69 Å². The summed E-state index contributed by atoms with van der Waals surface area (Å²) in [6.45, 7) is -0.0698. The molecule has 2 amide bonds. The largest absolute Gasteiger partial charge is 0.479 e. The zero-order valence-corrected chi connectivity index (χ0v) is 14.9. The van der Waals surface area contributed by atoms with E-state index in [9.17, 15) is 9.59 Å². The van der Waals surface area contributed by atoms with Crippen molar-refractivity contribution in [3.8, 4) is 5.88 Å². The van der Waals surface area contributed by atoms with Gasteiger partial charge in [0.05, 0.1) is 19.3 Å². The minimum absolute atomic E-state index is 0.0698. The molecule has 0 fully saturated rings. The maximum absolute atomic E-state index is 12.5. The molecule has 7 nitrogen and oxygen atoms in total. The summed E-state index contributed by atoms with van der Waals surface area (Å²) in [5, 5.41) is 6.87. The number of nitrogens with zero attached hydrogens (tertiary/aromatic N) is 3. The summed E-state index contributed by atoms with van der Waals surface area (Å²) < 4.78 is 6.58. The highest BCUT2D eigenvalue weighted by atomic mass is 32.2. The number of benzene rings is 1. The molecule has 0 saturated heterocycles. The number of rotatable bonds is 6. The van der Waals surface area contributed by atoms with Crippen molar-refractivity contribution >= 4 is 29.3 Å². The van der Waals surface area contributed by atoms with Crippen LogP contribution in [0.1, 0.15) is 10.4 Å². The summed E-state index contributed by atoms with van der Waals surface area (Å²) in [5.74, 6) is -0.356. The van der Waals surface area contributed by atoms with E-state index < -0.39 is 0 Å². The number of hydrogen-bond acceptors (Lipinski definition) is 5. The van der Waals surface area contributed by atoms with Crippen LogP contribution in [0.5, 0.6) is 5.88 Å². The molecular weight excluding hydrogens is 328 g/mol. The third-order valence-electron chi connectivity index (χ3n) is 3.33. The summed E-state index contributed by atoms with van der Waals surface area (Å²) >= 11 is 1.54. The van der Waals surface area contributed by atoms with E-state index in [0.29, 0.717) is 5.56 Å². The van der Waals surface area contributed by atoms with E-state index in [4.69, 9.17) is 4.74 Å². The second-order valence-corrected chi connectivity index (χ2v) is 5.98. The Hall–Kier alpha value is -2.48. The Morgan fingerprint density at radius 2 is 2.08 bits per heavy atom. The molecule has 0 radical (unpaired) electrons. The fraction of sp³-hybridized carbons (Fsp3) is 0.312. The van der Waals surface area contributed by atoms with Gasteiger partial charge in [0.25, 0.3) is 5.91 Å². The molecule has 128 valence electrons. The van der Waals surface area contributed by atoms with Crippen molar-refractivity contribution in [1.82, 2.24) is 14.7 Å². The Balaban J connectivity index is 2.04. The van der Waals surface area contributed by atoms with Gasteiger partial charge in [-0.15, -0.1) is 16.9 Å². The molecule has 8 heteroatoms. The Bertz CT molecular complexity index is 745. The molecule has 0 unspecified atom stereocenters. The average molecular weight is 348 g/mol. The molecular formula is C16H20N4O3S. The number of methoxy groups -OCH3 is 1. The maximum atomic E-state index is 12.5. The number of hydrogen-bond donors (Lipinski definition) is 1.